The zero-order valence-electron chi connectivity index (χ0n) is 35.8. The highest BCUT2D eigenvalue weighted by molar-refractivity contribution is 5.90. The first-order chi connectivity index (χ1) is 25.9. The Kier molecular flexibility index (Phi) is 17.1. The Morgan fingerprint density at radius 1 is 0.964 bits per heavy atom. The Labute approximate surface area is 330 Å². The highest BCUT2D eigenvalue weighted by Gasteiger charge is 2.50. The zero-order valence-corrected chi connectivity index (χ0v) is 35.8. The molecular weight excluding hydrogens is 697 g/mol. The van der Waals surface area contributed by atoms with Crippen LogP contribution in [0.1, 0.15) is 86.6 Å². The van der Waals surface area contributed by atoms with E-state index in [2.05, 4.69) is 35.5 Å². The van der Waals surface area contributed by atoms with Gasteiger partial charge in [-0.3, -0.25) is 29.1 Å². The van der Waals surface area contributed by atoms with Gasteiger partial charge in [-0.1, -0.05) is 67.0 Å². The smallest absolute Gasteiger partial charge is 0.245 e. The maximum absolute atomic E-state index is 14.4. The number of nitrogens with one attached hydrogen (secondary N) is 2. The number of benzene rings is 1. The van der Waals surface area contributed by atoms with Gasteiger partial charge in [-0.25, -0.2) is 0 Å². The molecule has 12 heteroatoms. The molecule has 55 heavy (non-hydrogen) atoms. The fourth-order valence-electron chi connectivity index (χ4n) is 8.71. The standard InChI is InChI=1S/C43H70N6O6/c1-14-29(6)38(48(11)42(53)36(27(2)3)46-41(52)37(28(4)5)47(9)10)34(54-12)26-35(50)49-24-16-21-43(49,8)39(55-13)30(7)40(51)45-23-20-31-18-19-33-32(25-31)17-15-22-44-33/h15,17-19,22,25,27-30,34,36-39H,14,16,20-21,23-24,26H2,1-13H3,(H,45,51)(H,46,52)/t29-,30+,34+,36-,37?,38?,39+,43-/m0/s1. The predicted molar refractivity (Wildman–Crippen MR) is 218 cm³/mol. The summed E-state index contributed by atoms with van der Waals surface area (Å²) in [5.74, 6) is -1.28. The molecule has 308 valence electrons. The first-order valence-electron chi connectivity index (χ1n) is 20.1. The van der Waals surface area contributed by atoms with Crippen molar-refractivity contribution in [2.75, 3.05) is 48.5 Å². The summed E-state index contributed by atoms with van der Waals surface area (Å²) in [5.41, 5.74) is 1.32. The molecule has 0 bridgehead atoms. The van der Waals surface area contributed by atoms with E-state index in [1.165, 1.54) is 0 Å². The predicted octanol–water partition coefficient (Wildman–Crippen LogP) is 4.93. The van der Waals surface area contributed by atoms with E-state index in [0.717, 1.165) is 29.3 Å². The quantitative estimate of drug-likeness (QED) is 0.194. The van der Waals surface area contributed by atoms with E-state index >= 15 is 0 Å². The van der Waals surface area contributed by atoms with Crippen LogP contribution in [0.15, 0.2) is 36.5 Å². The van der Waals surface area contributed by atoms with E-state index in [1.54, 1.807) is 32.4 Å². The minimum absolute atomic E-state index is 0.00733. The Hall–Kier alpha value is -3.61. The van der Waals surface area contributed by atoms with Crippen molar-refractivity contribution in [3.63, 3.8) is 0 Å². The molecule has 0 saturated carbocycles. The molecule has 12 nitrogen and oxygen atoms in total. The normalized spacial score (nSPS) is 19.9. The zero-order chi connectivity index (χ0) is 41.2. The summed E-state index contributed by atoms with van der Waals surface area (Å²) < 4.78 is 12.1. The number of nitrogens with zero attached hydrogens (tertiary/aromatic N) is 4. The number of hydrogen-bond donors (Lipinski definition) is 2. The van der Waals surface area contributed by atoms with Crippen molar-refractivity contribution in [1.29, 1.82) is 0 Å². The lowest BCUT2D eigenvalue weighted by Gasteiger charge is -2.44. The van der Waals surface area contributed by atoms with Crippen LogP contribution in [-0.2, 0) is 35.1 Å². The van der Waals surface area contributed by atoms with Crippen LogP contribution in [0.5, 0.6) is 0 Å². The number of likely N-dealkylation sites (tertiary alicyclic amines) is 1. The summed E-state index contributed by atoms with van der Waals surface area (Å²) in [6.07, 6.45) is 3.56. The average molecular weight is 767 g/mol. The van der Waals surface area contributed by atoms with E-state index in [-0.39, 0.29) is 53.8 Å². The second-order valence-electron chi connectivity index (χ2n) is 16.7. The van der Waals surface area contributed by atoms with Crippen molar-refractivity contribution in [3.8, 4) is 0 Å². The van der Waals surface area contributed by atoms with Gasteiger partial charge in [0.25, 0.3) is 0 Å². The summed E-state index contributed by atoms with van der Waals surface area (Å²) in [4.78, 5) is 65.5. The van der Waals surface area contributed by atoms with Crippen LogP contribution >= 0.6 is 0 Å². The third-order valence-electron chi connectivity index (χ3n) is 11.9. The number of amides is 4. The van der Waals surface area contributed by atoms with E-state index in [1.807, 2.05) is 89.7 Å². The average Bonchev–Trinajstić information content (AvgIpc) is 3.54. The molecule has 1 saturated heterocycles. The van der Waals surface area contributed by atoms with Gasteiger partial charge in [0.2, 0.25) is 23.6 Å². The highest BCUT2D eigenvalue weighted by atomic mass is 16.5. The Balaban J connectivity index is 1.75. The molecule has 1 fully saturated rings. The molecule has 2 unspecified atom stereocenters. The minimum Gasteiger partial charge on any atom is -0.379 e. The number of ether oxygens (including phenoxy) is 2. The van der Waals surface area contributed by atoms with Gasteiger partial charge in [-0.2, -0.15) is 0 Å². The van der Waals surface area contributed by atoms with Gasteiger partial charge in [0.1, 0.15) is 6.04 Å². The summed E-state index contributed by atoms with van der Waals surface area (Å²) in [6, 6.07) is 8.50. The highest BCUT2D eigenvalue weighted by Crippen LogP contribution is 2.38. The number of rotatable bonds is 20. The third-order valence-corrected chi connectivity index (χ3v) is 11.9. The number of carbonyl (C=O) groups is 4. The molecule has 0 radical (unpaired) electrons. The van der Waals surface area contributed by atoms with Crippen LogP contribution in [0.4, 0.5) is 0 Å². The van der Waals surface area contributed by atoms with Gasteiger partial charge in [-0.15, -0.1) is 0 Å². The lowest BCUT2D eigenvalue weighted by molar-refractivity contribution is -0.152. The van der Waals surface area contributed by atoms with Crippen LogP contribution in [0.2, 0.25) is 0 Å². The van der Waals surface area contributed by atoms with Crippen LogP contribution in [0, 0.1) is 23.7 Å². The van der Waals surface area contributed by atoms with Crippen molar-refractivity contribution in [1.82, 2.24) is 30.3 Å². The molecule has 1 aromatic carbocycles. The number of likely N-dealkylation sites (N-methyl/N-ethyl adjacent to an activating group) is 2. The van der Waals surface area contributed by atoms with Gasteiger partial charge < -0.3 is 29.9 Å². The number of methoxy groups -OCH3 is 2. The molecule has 2 N–H and O–H groups in total. The molecule has 0 spiro atoms. The maximum atomic E-state index is 14.4. The number of pyridine rings is 1. The summed E-state index contributed by atoms with van der Waals surface area (Å²) in [5, 5.41) is 7.21. The van der Waals surface area contributed by atoms with Gasteiger partial charge in [-0.05, 0) is 81.8 Å². The Morgan fingerprint density at radius 2 is 1.65 bits per heavy atom. The summed E-state index contributed by atoms with van der Waals surface area (Å²) >= 11 is 0. The molecule has 1 aliphatic rings. The number of fused-ring (bicyclic) bond motifs is 1. The summed E-state index contributed by atoms with van der Waals surface area (Å²) in [6.45, 7) is 16.8. The lowest BCUT2D eigenvalue weighted by Crippen LogP contribution is -2.60. The van der Waals surface area contributed by atoms with E-state index < -0.39 is 35.7 Å². The van der Waals surface area contributed by atoms with E-state index in [9.17, 15) is 19.2 Å². The van der Waals surface area contributed by atoms with Crippen LogP contribution in [0.25, 0.3) is 10.9 Å². The molecule has 4 amide bonds. The molecule has 0 aliphatic carbocycles. The van der Waals surface area contributed by atoms with Crippen molar-refractivity contribution in [3.05, 3.63) is 42.1 Å². The second kappa shape index (κ2) is 20.5. The molecule has 8 atom stereocenters. The topological polar surface area (TPSA) is 133 Å². The number of hydrogen-bond acceptors (Lipinski definition) is 8. The van der Waals surface area contributed by atoms with Crippen molar-refractivity contribution in [2.45, 2.75) is 123 Å². The SMILES string of the molecule is CC[C@H](C)C([C@@H](CC(=O)N1CCC[C@@]1(C)[C@H](OC)[C@@H](C)C(=O)NCCc1ccc2ncccc2c1)OC)N(C)C(=O)[C@@H](NC(=O)C(C(C)C)N(C)C)C(C)C. The van der Waals surface area contributed by atoms with E-state index in [4.69, 9.17) is 9.47 Å². The van der Waals surface area contributed by atoms with Crippen LogP contribution in [-0.4, -0.2) is 128 Å². The number of carbonyl (C=O) groups excluding carboxylic acids is 4. The first-order valence-corrected chi connectivity index (χ1v) is 20.1. The Bertz CT molecular complexity index is 1580. The molecule has 3 rings (SSSR count). The second-order valence-corrected chi connectivity index (χ2v) is 16.7. The monoisotopic (exact) mass is 767 g/mol. The lowest BCUT2D eigenvalue weighted by atomic mass is 9.82. The van der Waals surface area contributed by atoms with Crippen LogP contribution in [0.3, 0.4) is 0 Å². The van der Waals surface area contributed by atoms with Crippen molar-refractivity contribution in [2.24, 2.45) is 23.7 Å². The Morgan fingerprint density at radius 3 is 2.24 bits per heavy atom. The third kappa shape index (κ3) is 11.0. The molecule has 1 aromatic heterocycles. The van der Waals surface area contributed by atoms with Crippen molar-refractivity contribution >= 4 is 34.5 Å². The molecule has 2 aromatic rings. The fourth-order valence-corrected chi connectivity index (χ4v) is 8.71. The van der Waals surface area contributed by atoms with Crippen LogP contribution < -0.4 is 10.6 Å². The largest absolute Gasteiger partial charge is 0.379 e. The fraction of sp³-hybridized carbons (Fsp3) is 0.698. The van der Waals surface area contributed by atoms with Gasteiger partial charge >= 0.3 is 0 Å². The maximum Gasteiger partial charge on any atom is 0.245 e. The molecular formula is C43H70N6O6. The number of aromatic nitrogens is 1. The van der Waals surface area contributed by atoms with E-state index in [0.29, 0.717) is 25.9 Å². The van der Waals surface area contributed by atoms with Gasteiger partial charge in [0.05, 0.1) is 47.7 Å². The first kappa shape index (κ1) is 45.8. The molecule has 2 heterocycles. The minimum atomic E-state index is -0.750. The van der Waals surface area contributed by atoms with Gasteiger partial charge in [0.15, 0.2) is 0 Å². The summed E-state index contributed by atoms with van der Waals surface area (Å²) in [7, 11) is 8.67. The van der Waals surface area contributed by atoms with Gasteiger partial charge in [0, 0.05) is 45.9 Å². The molecule has 1 aliphatic heterocycles. The van der Waals surface area contributed by atoms with Crippen molar-refractivity contribution < 1.29 is 28.7 Å².